The molecule has 2 heteroatoms. The number of amides is 1. The maximum Gasteiger partial charge on any atom is 0.222 e. The Hall–Kier alpha value is -0.530. The van der Waals surface area contributed by atoms with Gasteiger partial charge in [0.1, 0.15) is 0 Å². The molecule has 2 nitrogen and oxygen atoms in total. The number of nitrogens with zero attached hydrogens (tertiary/aromatic N) is 1. The van der Waals surface area contributed by atoms with Gasteiger partial charge in [0.05, 0.1) is 0 Å². The third-order valence-electron chi connectivity index (χ3n) is 3.03. The summed E-state index contributed by atoms with van der Waals surface area (Å²) in [5.41, 5.74) is 0. The molecule has 1 amide bonds. The van der Waals surface area contributed by atoms with Crippen LogP contribution < -0.4 is 0 Å². The van der Waals surface area contributed by atoms with Gasteiger partial charge in [-0.1, -0.05) is 20.3 Å². The van der Waals surface area contributed by atoms with Crippen LogP contribution >= 0.6 is 0 Å². The van der Waals surface area contributed by atoms with E-state index in [4.69, 9.17) is 0 Å². The molecule has 14 heavy (non-hydrogen) atoms. The Balaban J connectivity index is 2.48. The molecule has 0 saturated carbocycles. The fourth-order valence-electron chi connectivity index (χ4n) is 2.32. The molecule has 1 atom stereocenters. The van der Waals surface area contributed by atoms with Crippen molar-refractivity contribution in [2.24, 2.45) is 0 Å². The van der Waals surface area contributed by atoms with Crippen LogP contribution in [0.1, 0.15) is 58.8 Å². The average Bonchev–Trinajstić information content (AvgIpc) is 2.19. The van der Waals surface area contributed by atoms with Crippen molar-refractivity contribution >= 4 is 5.91 Å². The van der Waals surface area contributed by atoms with Crippen molar-refractivity contribution in [3.05, 3.63) is 0 Å². The lowest BCUT2D eigenvalue weighted by Crippen LogP contribution is -2.43. The van der Waals surface area contributed by atoms with Crippen LogP contribution in [0.5, 0.6) is 0 Å². The molecule has 1 saturated heterocycles. The Morgan fingerprint density at radius 3 is 2.71 bits per heavy atom. The second kappa shape index (κ2) is 6.05. The zero-order valence-electron chi connectivity index (χ0n) is 9.59. The molecular weight excluding hydrogens is 174 g/mol. The van der Waals surface area contributed by atoms with Crippen molar-refractivity contribution in [1.82, 2.24) is 4.90 Å². The maximum absolute atomic E-state index is 11.8. The Morgan fingerprint density at radius 2 is 2.07 bits per heavy atom. The van der Waals surface area contributed by atoms with Crippen LogP contribution in [0.3, 0.4) is 0 Å². The van der Waals surface area contributed by atoms with E-state index in [2.05, 4.69) is 18.7 Å². The molecule has 1 fully saturated rings. The molecule has 0 aromatic heterocycles. The first kappa shape index (κ1) is 11.5. The number of carbonyl (C=O) groups is 1. The smallest absolute Gasteiger partial charge is 0.222 e. The summed E-state index contributed by atoms with van der Waals surface area (Å²) in [6, 6.07) is 0.549. The van der Waals surface area contributed by atoms with Gasteiger partial charge in [-0.25, -0.2) is 0 Å². The Bertz CT molecular complexity index is 177. The molecule has 0 bridgehead atoms. The van der Waals surface area contributed by atoms with Gasteiger partial charge < -0.3 is 4.90 Å². The summed E-state index contributed by atoms with van der Waals surface area (Å²) in [5.74, 6) is 0.380. The molecule has 1 aliphatic heterocycles. The second-order valence-electron chi connectivity index (χ2n) is 4.28. The number of carbonyl (C=O) groups excluding carboxylic acids is 1. The molecule has 0 aromatic carbocycles. The number of likely N-dealkylation sites (tertiary alicyclic amines) is 1. The fourth-order valence-corrected chi connectivity index (χ4v) is 2.32. The molecule has 0 aliphatic carbocycles. The largest absolute Gasteiger partial charge is 0.340 e. The van der Waals surface area contributed by atoms with Crippen molar-refractivity contribution < 1.29 is 4.79 Å². The monoisotopic (exact) mass is 197 g/mol. The van der Waals surface area contributed by atoms with E-state index in [1.807, 2.05) is 0 Å². The highest BCUT2D eigenvalue weighted by atomic mass is 16.2. The van der Waals surface area contributed by atoms with Crippen molar-refractivity contribution in [3.63, 3.8) is 0 Å². The highest BCUT2D eigenvalue weighted by molar-refractivity contribution is 5.76. The summed E-state index contributed by atoms with van der Waals surface area (Å²) >= 11 is 0. The lowest BCUT2D eigenvalue weighted by atomic mass is 9.98. The Kier molecular flexibility index (Phi) is 4.99. The summed E-state index contributed by atoms with van der Waals surface area (Å²) in [6.45, 7) is 5.29. The van der Waals surface area contributed by atoms with E-state index < -0.39 is 0 Å². The minimum absolute atomic E-state index is 0.380. The van der Waals surface area contributed by atoms with Gasteiger partial charge in [0.15, 0.2) is 0 Å². The van der Waals surface area contributed by atoms with Gasteiger partial charge in [0, 0.05) is 19.0 Å². The standard InChI is InChI=1S/C12H23NO/c1-3-7-11-9-5-6-10-13(11)12(14)8-4-2/h11H,3-10H2,1-2H3. The SMILES string of the molecule is CCCC(=O)N1CCCCC1CCC. The molecule has 0 radical (unpaired) electrons. The van der Waals surface area contributed by atoms with Crippen molar-refractivity contribution in [2.45, 2.75) is 64.8 Å². The summed E-state index contributed by atoms with van der Waals surface area (Å²) in [4.78, 5) is 13.9. The molecule has 0 spiro atoms. The van der Waals surface area contributed by atoms with Crippen LogP contribution in [0, 0.1) is 0 Å². The second-order valence-corrected chi connectivity index (χ2v) is 4.28. The highest BCUT2D eigenvalue weighted by Gasteiger charge is 2.24. The molecule has 1 aliphatic rings. The lowest BCUT2D eigenvalue weighted by molar-refractivity contribution is -0.135. The third kappa shape index (κ3) is 3.00. The van der Waals surface area contributed by atoms with E-state index in [1.54, 1.807) is 0 Å². The summed E-state index contributed by atoms with van der Waals surface area (Å²) in [5, 5.41) is 0. The summed E-state index contributed by atoms with van der Waals surface area (Å²) < 4.78 is 0. The number of hydrogen-bond donors (Lipinski definition) is 0. The van der Waals surface area contributed by atoms with Crippen molar-refractivity contribution in [2.75, 3.05) is 6.54 Å². The van der Waals surface area contributed by atoms with Gasteiger partial charge in [-0.3, -0.25) is 4.79 Å². The van der Waals surface area contributed by atoms with Gasteiger partial charge in [0.2, 0.25) is 5.91 Å². The maximum atomic E-state index is 11.8. The summed E-state index contributed by atoms with van der Waals surface area (Å²) in [6.07, 6.45) is 7.84. The number of piperidine rings is 1. The number of hydrogen-bond acceptors (Lipinski definition) is 1. The van der Waals surface area contributed by atoms with Crippen LogP contribution in [0.25, 0.3) is 0 Å². The molecule has 0 aromatic rings. The Morgan fingerprint density at radius 1 is 1.29 bits per heavy atom. The molecule has 1 heterocycles. The first-order chi connectivity index (χ1) is 6.79. The zero-order valence-corrected chi connectivity index (χ0v) is 9.59. The van der Waals surface area contributed by atoms with Crippen LogP contribution in [-0.4, -0.2) is 23.4 Å². The van der Waals surface area contributed by atoms with Gasteiger partial charge in [-0.2, -0.15) is 0 Å². The first-order valence-corrected chi connectivity index (χ1v) is 6.09. The van der Waals surface area contributed by atoms with Gasteiger partial charge in [-0.15, -0.1) is 0 Å². The van der Waals surface area contributed by atoms with E-state index in [-0.39, 0.29) is 0 Å². The van der Waals surface area contributed by atoms with Crippen molar-refractivity contribution in [3.8, 4) is 0 Å². The minimum atomic E-state index is 0.380. The van der Waals surface area contributed by atoms with Gasteiger partial charge in [-0.05, 0) is 32.1 Å². The van der Waals surface area contributed by atoms with E-state index in [0.717, 1.165) is 19.4 Å². The Labute approximate surface area is 87.7 Å². The third-order valence-corrected chi connectivity index (χ3v) is 3.03. The predicted octanol–water partition coefficient (Wildman–Crippen LogP) is 2.97. The van der Waals surface area contributed by atoms with Crippen LogP contribution in [-0.2, 0) is 4.79 Å². The molecule has 82 valence electrons. The average molecular weight is 197 g/mol. The first-order valence-electron chi connectivity index (χ1n) is 6.09. The van der Waals surface area contributed by atoms with Crippen molar-refractivity contribution in [1.29, 1.82) is 0 Å². The van der Waals surface area contributed by atoms with Crippen LogP contribution in [0.2, 0.25) is 0 Å². The predicted molar refractivity (Wildman–Crippen MR) is 59.2 cm³/mol. The normalized spacial score (nSPS) is 22.4. The molecule has 0 N–H and O–H groups in total. The van der Waals surface area contributed by atoms with Crippen LogP contribution in [0.15, 0.2) is 0 Å². The van der Waals surface area contributed by atoms with E-state index in [0.29, 0.717) is 11.9 Å². The van der Waals surface area contributed by atoms with E-state index in [1.165, 1.54) is 32.1 Å². The quantitative estimate of drug-likeness (QED) is 0.678. The molecule has 1 rings (SSSR count). The van der Waals surface area contributed by atoms with Crippen LogP contribution in [0.4, 0.5) is 0 Å². The summed E-state index contributed by atoms with van der Waals surface area (Å²) in [7, 11) is 0. The number of rotatable bonds is 4. The van der Waals surface area contributed by atoms with Gasteiger partial charge in [0.25, 0.3) is 0 Å². The van der Waals surface area contributed by atoms with Gasteiger partial charge >= 0.3 is 0 Å². The topological polar surface area (TPSA) is 20.3 Å². The molecule has 1 unspecified atom stereocenters. The fraction of sp³-hybridized carbons (Fsp3) is 0.917. The van der Waals surface area contributed by atoms with E-state index in [9.17, 15) is 4.79 Å². The highest BCUT2D eigenvalue weighted by Crippen LogP contribution is 2.21. The zero-order chi connectivity index (χ0) is 10.4. The lowest BCUT2D eigenvalue weighted by Gasteiger charge is -2.35. The van der Waals surface area contributed by atoms with E-state index >= 15 is 0 Å². The minimum Gasteiger partial charge on any atom is -0.340 e. The molecular formula is C12H23NO.